The first-order valence-electron chi connectivity index (χ1n) is 5.89. The molecule has 0 unspecified atom stereocenters. The molecule has 0 aromatic heterocycles. The van der Waals surface area contributed by atoms with Crippen LogP contribution in [0.5, 0.6) is 5.75 Å². The molecule has 0 bridgehead atoms. The van der Waals surface area contributed by atoms with Crippen molar-refractivity contribution in [2.45, 2.75) is 6.42 Å². The fourth-order valence-corrected chi connectivity index (χ4v) is 1.65. The molecule has 19 heavy (non-hydrogen) atoms. The summed E-state index contributed by atoms with van der Waals surface area (Å²) >= 11 is 0. The van der Waals surface area contributed by atoms with Crippen LogP contribution in [0.3, 0.4) is 0 Å². The van der Waals surface area contributed by atoms with Crippen molar-refractivity contribution >= 4 is 17.5 Å². The van der Waals surface area contributed by atoms with Crippen molar-refractivity contribution in [3.8, 4) is 5.75 Å². The van der Waals surface area contributed by atoms with E-state index in [0.29, 0.717) is 23.5 Å². The highest BCUT2D eigenvalue weighted by Crippen LogP contribution is 2.26. The van der Waals surface area contributed by atoms with Crippen LogP contribution in [0, 0.1) is 0 Å². The number of nitrogen functional groups attached to an aromatic ring is 1. The molecule has 0 fully saturated rings. The van der Waals surface area contributed by atoms with Crippen LogP contribution >= 0.6 is 0 Å². The molecule has 6 nitrogen and oxygen atoms in total. The molecule has 0 radical (unpaired) electrons. The Labute approximate surface area is 112 Å². The molecular formula is C13H19N3O3. The molecule has 0 heterocycles. The number of ether oxygens (including phenoxy) is 1. The normalized spacial score (nSPS) is 9.84. The number of carbonyl (C=O) groups excluding carboxylic acids is 2. The molecule has 1 rings (SSSR count). The van der Waals surface area contributed by atoms with Crippen LogP contribution in [0.2, 0.25) is 0 Å². The van der Waals surface area contributed by atoms with Crippen molar-refractivity contribution < 1.29 is 14.3 Å². The third-order valence-corrected chi connectivity index (χ3v) is 2.78. The summed E-state index contributed by atoms with van der Waals surface area (Å²) in [5, 5.41) is 2.51. The predicted octanol–water partition coefficient (Wildman–Crippen LogP) is 0.485. The third kappa shape index (κ3) is 3.61. The number of hydrogen-bond acceptors (Lipinski definition) is 4. The highest BCUT2D eigenvalue weighted by molar-refractivity contribution is 5.98. The third-order valence-electron chi connectivity index (χ3n) is 2.78. The zero-order valence-corrected chi connectivity index (χ0v) is 11.4. The first-order chi connectivity index (χ1) is 9.01. The fraction of sp³-hybridized carbons (Fsp3) is 0.385. The number of carbonyl (C=O) groups is 2. The maximum atomic E-state index is 12.2. The van der Waals surface area contributed by atoms with E-state index >= 15 is 0 Å². The van der Waals surface area contributed by atoms with Crippen molar-refractivity contribution in [2.24, 2.45) is 0 Å². The maximum Gasteiger partial charge on any atom is 0.257 e. The molecule has 3 N–H and O–H groups in total. The largest absolute Gasteiger partial charge is 0.494 e. The minimum atomic E-state index is -0.229. The van der Waals surface area contributed by atoms with Gasteiger partial charge >= 0.3 is 0 Å². The molecular weight excluding hydrogens is 246 g/mol. The van der Waals surface area contributed by atoms with Crippen molar-refractivity contribution in [3.05, 3.63) is 23.8 Å². The predicted molar refractivity (Wildman–Crippen MR) is 73.1 cm³/mol. The lowest BCUT2D eigenvalue weighted by molar-refractivity contribution is -0.120. The SMILES string of the molecule is CNC(=O)CCN(C)C(=O)c1cccc(N)c1OC. The zero-order chi connectivity index (χ0) is 14.4. The number of hydrogen-bond donors (Lipinski definition) is 2. The van der Waals surface area contributed by atoms with E-state index in [9.17, 15) is 9.59 Å². The van der Waals surface area contributed by atoms with Crippen LogP contribution in [0.15, 0.2) is 18.2 Å². The molecule has 6 heteroatoms. The topological polar surface area (TPSA) is 84.7 Å². The number of amides is 2. The first kappa shape index (κ1) is 14.8. The molecule has 2 amide bonds. The van der Waals surface area contributed by atoms with Gasteiger partial charge in [-0.1, -0.05) is 6.07 Å². The average molecular weight is 265 g/mol. The number of rotatable bonds is 5. The number of nitrogens with two attached hydrogens (primary N) is 1. The molecule has 0 saturated carbocycles. The minimum absolute atomic E-state index is 0.112. The lowest BCUT2D eigenvalue weighted by Crippen LogP contribution is -2.31. The van der Waals surface area contributed by atoms with Crippen molar-refractivity contribution in [1.29, 1.82) is 0 Å². The van der Waals surface area contributed by atoms with Gasteiger partial charge in [-0.15, -0.1) is 0 Å². The molecule has 1 aromatic rings. The van der Waals surface area contributed by atoms with Gasteiger partial charge in [0.25, 0.3) is 5.91 Å². The summed E-state index contributed by atoms with van der Waals surface area (Å²) in [4.78, 5) is 24.9. The Bertz CT molecular complexity index is 474. The van der Waals surface area contributed by atoms with E-state index in [0.717, 1.165) is 0 Å². The summed E-state index contributed by atoms with van der Waals surface area (Å²) < 4.78 is 5.14. The van der Waals surface area contributed by atoms with Crippen LogP contribution < -0.4 is 15.8 Å². The highest BCUT2D eigenvalue weighted by atomic mass is 16.5. The Hall–Kier alpha value is -2.24. The number of methoxy groups -OCH3 is 1. The monoisotopic (exact) mass is 265 g/mol. The van der Waals surface area contributed by atoms with Gasteiger partial charge in [-0.2, -0.15) is 0 Å². The summed E-state index contributed by atoms with van der Waals surface area (Å²) in [6.45, 7) is 0.330. The summed E-state index contributed by atoms with van der Waals surface area (Å²) in [6, 6.07) is 5.01. The quantitative estimate of drug-likeness (QED) is 0.759. The molecule has 1 aromatic carbocycles. The maximum absolute atomic E-state index is 12.2. The Kier molecular flexibility index (Phi) is 5.17. The van der Waals surface area contributed by atoms with Crippen molar-refractivity contribution in [2.75, 3.05) is 33.5 Å². The number of nitrogens with zero attached hydrogens (tertiary/aromatic N) is 1. The molecule has 0 atom stereocenters. The van der Waals surface area contributed by atoms with E-state index in [1.165, 1.54) is 12.0 Å². The number of benzene rings is 1. The number of anilines is 1. The van der Waals surface area contributed by atoms with E-state index in [2.05, 4.69) is 5.32 Å². The first-order valence-corrected chi connectivity index (χ1v) is 5.89. The van der Waals surface area contributed by atoms with Crippen LogP contribution in [-0.4, -0.2) is 44.5 Å². The standard InChI is InChI=1S/C13H19N3O3/c1-15-11(17)7-8-16(2)13(18)9-5-4-6-10(14)12(9)19-3/h4-6H,7-8,14H2,1-3H3,(H,15,17). The number of para-hydroxylation sites is 1. The second-order valence-electron chi connectivity index (χ2n) is 4.08. The van der Waals surface area contributed by atoms with Gasteiger partial charge < -0.3 is 20.7 Å². The second kappa shape index (κ2) is 6.63. The fourth-order valence-electron chi connectivity index (χ4n) is 1.65. The van der Waals surface area contributed by atoms with E-state index in [1.807, 2.05) is 0 Å². The van der Waals surface area contributed by atoms with E-state index < -0.39 is 0 Å². The van der Waals surface area contributed by atoms with E-state index in [1.54, 1.807) is 32.3 Å². The van der Waals surface area contributed by atoms with E-state index in [4.69, 9.17) is 10.5 Å². The second-order valence-corrected chi connectivity index (χ2v) is 4.08. The molecule has 0 spiro atoms. The van der Waals surface area contributed by atoms with Gasteiger partial charge in [-0.05, 0) is 12.1 Å². The smallest absolute Gasteiger partial charge is 0.257 e. The summed E-state index contributed by atoms with van der Waals surface area (Å²) in [5.74, 6) is 0.0199. The summed E-state index contributed by atoms with van der Waals surface area (Å²) in [6.07, 6.45) is 0.253. The summed E-state index contributed by atoms with van der Waals surface area (Å²) in [5.41, 5.74) is 6.55. The van der Waals surface area contributed by atoms with Gasteiger partial charge in [-0.25, -0.2) is 0 Å². The molecule has 0 saturated heterocycles. The van der Waals surface area contributed by atoms with Crippen molar-refractivity contribution in [3.63, 3.8) is 0 Å². The van der Waals surface area contributed by atoms with E-state index in [-0.39, 0.29) is 18.2 Å². The van der Waals surface area contributed by atoms with Crippen LogP contribution in [0.25, 0.3) is 0 Å². The minimum Gasteiger partial charge on any atom is -0.494 e. The Morgan fingerprint density at radius 1 is 1.42 bits per heavy atom. The number of nitrogens with one attached hydrogen (secondary N) is 1. The van der Waals surface area contributed by atoms with Gasteiger partial charge in [0.05, 0.1) is 18.4 Å². The van der Waals surface area contributed by atoms with Gasteiger partial charge in [0.1, 0.15) is 0 Å². The molecule has 0 aliphatic heterocycles. The lowest BCUT2D eigenvalue weighted by atomic mass is 10.1. The van der Waals surface area contributed by atoms with Crippen LogP contribution in [-0.2, 0) is 4.79 Å². The highest BCUT2D eigenvalue weighted by Gasteiger charge is 2.18. The summed E-state index contributed by atoms with van der Waals surface area (Å²) in [7, 11) is 4.66. The Morgan fingerprint density at radius 3 is 2.68 bits per heavy atom. The zero-order valence-electron chi connectivity index (χ0n) is 11.4. The lowest BCUT2D eigenvalue weighted by Gasteiger charge is -2.18. The molecule has 104 valence electrons. The molecule has 0 aliphatic rings. The van der Waals surface area contributed by atoms with Crippen LogP contribution in [0.1, 0.15) is 16.8 Å². The van der Waals surface area contributed by atoms with Gasteiger partial charge in [-0.3, -0.25) is 9.59 Å². The van der Waals surface area contributed by atoms with Gasteiger partial charge in [0.2, 0.25) is 5.91 Å². The Morgan fingerprint density at radius 2 is 2.11 bits per heavy atom. The van der Waals surface area contributed by atoms with Crippen LogP contribution in [0.4, 0.5) is 5.69 Å². The van der Waals surface area contributed by atoms with Gasteiger partial charge in [0, 0.05) is 27.1 Å². The molecule has 0 aliphatic carbocycles. The average Bonchev–Trinajstić information content (AvgIpc) is 2.43. The van der Waals surface area contributed by atoms with Crippen molar-refractivity contribution in [1.82, 2.24) is 10.2 Å². The van der Waals surface area contributed by atoms with Gasteiger partial charge in [0.15, 0.2) is 5.75 Å². The Balaban J connectivity index is 2.82.